The number of nitrogens with one attached hydrogen (secondary N) is 2. The van der Waals surface area contributed by atoms with Crippen LogP contribution in [-0.2, 0) is 0 Å². The van der Waals surface area contributed by atoms with E-state index < -0.39 is 0 Å². The van der Waals surface area contributed by atoms with Gasteiger partial charge in [-0.05, 0) is 76.1 Å². The van der Waals surface area contributed by atoms with Gasteiger partial charge in [0.25, 0.3) is 5.91 Å². The van der Waals surface area contributed by atoms with Crippen LogP contribution in [0.2, 0.25) is 0 Å². The third-order valence-corrected chi connectivity index (χ3v) is 4.56. The van der Waals surface area contributed by atoms with E-state index in [2.05, 4.69) is 59.4 Å². The van der Waals surface area contributed by atoms with E-state index in [-0.39, 0.29) is 18.0 Å². The van der Waals surface area contributed by atoms with Gasteiger partial charge in [-0.3, -0.25) is 10.1 Å². The molecule has 2 N–H and O–H groups in total. The van der Waals surface area contributed by atoms with Gasteiger partial charge in [0.2, 0.25) is 5.89 Å². The van der Waals surface area contributed by atoms with Gasteiger partial charge >= 0.3 is 6.01 Å². The molecular weight excluding hydrogens is 451 g/mol. The zero-order chi connectivity index (χ0) is 14.8. The van der Waals surface area contributed by atoms with E-state index in [0.717, 1.165) is 27.4 Å². The lowest BCUT2D eigenvalue weighted by atomic mass is 10.2. The Kier molecular flexibility index (Phi) is 4.55. The number of benzene rings is 1. The van der Waals surface area contributed by atoms with E-state index in [0.29, 0.717) is 11.5 Å². The lowest BCUT2D eigenvalue weighted by Gasteiger charge is -2.05. The van der Waals surface area contributed by atoms with Gasteiger partial charge in [-0.25, -0.2) is 0 Å². The average molecular weight is 463 g/mol. The van der Waals surface area contributed by atoms with Gasteiger partial charge in [0.1, 0.15) is 0 Å². The van der Waals surface area contributed by atoms with Crippen molar-refractivity contribution < 1.29 is 9.21 Å². The molecule has 1 aromatic carbocycles. The second-order valence-corrected chi connectivity index (χ2v) is 6.77. The number of hydrogen-bond donors (Lipinski definition) is 2. The Balaban J connectivity index is 1.74. The summed E-state index contributed by atoms with van der Waals surface area (Å²) < 4.78 is 7.19. The molecule has 1 aliphatic heterocycles. The second kappa shape index (κ2) is 6.41. The van der Waals surface area contributed by atoms with Gasteiger partial charge in [0.05, 0.1) is 11.6 Å². The van der Waals surface area contributed by atoms with Crippen molar-refractivity contribution in [1.82, 2.24) is 15.5 Å². The van der Waals surface area contributed by atoms with Crippen molar-refractivity contribution in [3.63, 3.8) is 0 Å². The lowest BCUT2D eigenvalue weighted by Crippen LogP contribution is -2.13. The van der Waals surface area contributed by atoms with Crippen molar-refractivity contribution >= 4 is 50.4 Å². The fraction of sp³-hybridized carbons (Fsp3) is 0.308. The summed E-state index contributed by atoms with van der Waals surface area (Å²) in [6.45, 7) is 0.949. The fourth-order valence-electron chi connectivity index (χ4n) is 2.16. The van der Waals surface area contributed by atoms with E-state index in [9.17, 15) is 4.79 Å². The van der Waals surface area contributed by atoms with Gasteiger partial charge in [-0.15, -0.1) is 5.10 Å². The average Bonchev–Trinajstić information content (AvgIpc) is 3.11. The topological polar surface area (TPSA) is 80.0 Å². The molecular formula is C13H12BrIN4O2. The number of amides is 1. The predicted octanol–water partition coefficient (Wildman–Crippen LogP) is 3.11. The Morgan fingerprint density at radius 3 is 3.10 bits per heavy atom. The minimum Gasteiger partial charge on any atom is -0.406 e. The molecule has 21 heavy (non-hydrogen) atoms. The van der Waals surface area contributed by atoms with Crippen molar-refractivity contribution in [2.45, 2.75) is 18.9 Å². The largest absolute Gasteiger partial charge is 0.406 e. The summed E-state index contributed by atoms with van der Waals surface area (Å²) in [5.41, 5.74) is 0.528. The summed E-state index contributed by atoms with van der Waals surface area (Å²) in [4.78, 5) is 12.2. The van der Waals surface area contributed by atoms with E-state index in [4.69, 9.17) is 4.42 Å². The van der Waals surface area contributed by atoms with Crippen molar-refractivity contribution in [1.29, 1.82) is 0 Å². The maximum absolute atomic E-state index is 12.2. The number of carbonyl (C=O) groups is 1. The Hall–Kier alpha value is -1.000. The SMILES string of the molecule is O=C(Nc1nnc(C2CCCN2)o1)c1cc(I)ccc1Br. The first-order valence-electron chi connectivity index (χ1n) is 6.46. The van der Waals surface area contributed by atoms with Crippen LogP contribution in [0.1, 0.15) is 35.1 Å². The molecule has 1 fully saturated rings. The highest BCUT2D eigenvalue weighted by molar-refractivity contribution is 14.1. The van der Waals surface area contributed by atoms with E-state index in [1.165, 1.54) is 0 Å². The maximum Gasteiger partial charge on any atom is 0.322 e. The number of carbonyl (C=O) groups excluding carboxylic acids is 1. The molecule has 1 saturated heterocycles. The second-order valence-electron chi connectivity index (χ2n) is 4.67. The predicted molar refractivity (Wildman–Crippen MR) is 89.1 cm³/mol. The minimum absolute atomic E-state index is 0.0903. The molecule has 1 aliphatic rings. The Bertz CT molecular complexity index is 670. The molecule has 1 amide bonds. The van der Waals surface area contributed by atoms with Gasteiger partial charge in [-0.1, -0.05) is 5.10 Å². The van der Waals surface area contributed by atoms with Gasteiger partial charge in [0.15, 0.2) is 0 Å². The monoisotopic (exact) mass is 462 g/mol. The minimum atomic E-state index is -0.282. The Morgan fingerprint density at radius 1 is 1.48 bits per heavy atom. The van der Waals surface area contributed by atoms with Crippen LogP contribution in [0.5, 0.6) is 0 Å². The molecule has 3 rings (SSSR count). The molecule has 6 nitrogen and oxygen atoms in total. The fourth-order valence-corrected chi connectivity index (χ4v) is 3.08. The molecule has 1 unspecified atom stereocenters. The standard InChI is InChI=1S/C13H12BrIN4O2/c14-9-4-3-7(15)6-8(9)11(20)17-13-19-18-12(21-13)10-2-1-5-16-10/h3-4,6,10,16H,1-2,5H2,(H,17,19,20). The molecule has 2 heterocycles. The molecule has 2 aromatic rings. The van der Waals surface area contributed by atoms with Gasteiger partial charge in [-0.2, -0.15) is 0 Å². The van der Waals surface area contributed by atoms with Crippen LogP contribution >= 0.6 is 38.5 Å². The van der Waals surface area contributed by atoms with Crippen molar-refractivity contribution in [3.8, 4) is 0 Å². The third-order valence-electron chi connectivity index (χ3n) is 3.19. The molecule has 0 saturated carbocycles. The first-order chi connectivity index (χ1) is 10.1. The molecule has 110 valence electrons. The summed E-state index contributed by atoms with van der Waals surface area (Å²) in [5.74, 6) is 0.236. The van der Waals surface area contributed by atoms with Crippen LogP contribution in [0.4, 0.5) is 6.01 Å². The highest BCUT2D eigenvalue weighted by Crippen LogP contribution is 2.24. The summed E-state index contributed by atoms with van der Waals surface area (Å²) in [6, 6.07) is 5.74. The molecule has 0 spiro atoms. The van der Waals surface area contributed by atoms with Gasteiger partial charge in [0, 0.05) is 8.04 Å². The van der Waals surface area contributed by atoms with Crippen LogP contribution in [0.25, 0.3) is 0 Å². The van der Waals surface area contributed by atoms with Crippen molar-refractivity contribution in [3.05, 3.63) is 37.7 Å². The van der Waals surface area contributed by atoms with E-state index in [1.54, 1.807) is 6.07 Å². The lowest BCUT2D eigenvalue weighted by molar-refractivity contribution is 0.102. The third kappa shape index (κ3) is 3.43. The molecule has 8 heteroatoms. The normalized spacial score (nSPS) is 17.9. The molecule has 0 radical (unpaired) electrons. The highest BCUT2D eigenvalue weighted by atomic mass is 127. The zero-order valence-corrected chi connectivity index (χ0v) is 14.6. The summed E-state index contributed by atoms with van der Waals surface area (Å²) >= 11 is 5.52. The van der Waals surface area contributed by atoms with Crippen LogP contribution in [0.3, 0.4) is 0 Å². The van der Waals surface area contributed by atoms with Crippen LogP contribution in [0, 0.1) is 3.57 Å². The smallest absolute Gasteiger partial charge is 0.322 e. The highest BCUT2D eigenvalue weighted by Gasteiger charge is 2.23. The molecule has 0 bridgehead atoms. The maximum atomic E-state index is 12.2. The zero-order valence-electron chi connectivity index (χ0n) is 10.9. The van der Waals surface area contributed by atoms with E-state index >= 15 is 0 Å². The summed E-state index contributed by atoms with van der Waals surface area (Å²) in [5, 5.41) is 13.8. The van der Waals surface area contributed by atoms with Crippen molar-refractivity contribution in [2.75, 3.05) is 11.9 Å². The number of hydrogen-bond acceptors (Lipinski definition) is 5. The van der Waals surface area contributed by atoms with E-state index in [1.807, 2.05) is 12.1 Å². The van der Waals surface area contributed by atoms with Crippen LogP contribution < -0.4 is 10.6 Å². The van der Waals surface area contributed by atoms with Crippen LogP contribution in [-0.4, -0.2) is 22.6 Å². The van der Waals surface area contributed by atoms with Crippen molar-refractivity contribution in [2.24, 2.45) is 0 Å². The van der Waals surface area contributed by atoms with Crippen LogP contribution in [0.15, 0.2) is 27.1 Å². The number of aromatic nitrogens is 2. The molecule has 1 aromatic heterocycles. The Morgan fingerprint density at radius 2 is 2.33 bits per heavy atom. The summed E-state index contributed by atoms with van der Waals surface area (Å²) in [7, 11) is 0. The summed E-state index contributed by atoms with van der Waals surface area (Å²) in [6.07, 6.45) is 2.06. The number of rotatable bonds is 3. The first-order valence-corrected chi connectivity index (χ1v) is 8.34. The van der Waals surface area contributed by atoms with Gasteiger partial charge < -0.3 is 9.73 Å². The Labute approximate surface area is 143 Å². The quantitative estimate of drug-likeness (QED) is 0.685. The first kappa shape index (κ1) is 14.9. The molecule has 0 aliphatic carbocycles. The number of halogens is 2. The molecule has 1 atom stereocenters. The number of nitrogens with zero attached hydrogens (tertiary/aromatic N) is 2. The number of anilines is 1.